The predicted molar refractivity (Wildman–Crippen MR) is 99.0 cm³/mol. The van der Waals surface area contributed by atoms with E-state index in [-0.39, 0.29) is 12.1 Å². The van der Waals surface area contributed by atoms with E-state index in [4.69, 9.17) is 19.9 Å². The molecule has 0 amide bonds. The zero-order valence-corrected chi connectivity index (χ0v) is 14.8. The summed E-state index contributed by atoms with van der Waals surface area (Å²) in [5.41, 5.74) is 8.57. The number of ether oxygens (including phenoxy) is 3. The maximum absolute atomic E-state index is 6.17. The number of nitrogens with two attached hydrogens (primary N) is 1. The molecule has 4 heteroatoms. The Morgan fingerprint density at radius 3 is 2.84 bits per heavy atom. The Labute approximate surface area is 149 Å². The zero-order valence-electron chi connectivity index (χ0n) is 14.8. The van der Waals surface area contributed by atoms with Gasteiger partial charge in [-0.25, -0.2) is 0 Å². The lowest BCUT2D eigenvalue weighted by Gasteiger charge is -2.28. The van der Waals surface area contributed by atoms with Gasteiger partial charge in [0.15, 0.2) is 0 Å². The van der Waals surface area contributed by atoms with E-state index in [0.29, 0.717) is 13.2 Å². The molecule has 2 atom stereocenters. The largest absolute Gasteiger partial charge is 0.490 e. The van der Waals surface area contributed by atoms with Crippen LogP contribution in [0.25, 0.3) is 0 Å². The summed E-state index contributed by atoms with van der Waals surface area (Å²) in [7, 11) is 1.71. The number of benzene rings is 2. The highest BCUT2D eigenvalue weighted by Crippen LogP contribution is 2.32. The molecule has 134 valence electrons. The van der Waals surface area contributed by atoms with Crippen LogP contribution in [0.4, 0.5) is 0 Å². The Hall–Kier alpha value is -2.04. The molecule has 0 aliphatic carbocycles. The van der Waals surface area contributed by atoms with Crippen molar-refractivity contribution in [3.05, 3.63) is 59.7 Å². The lowest BCUT2D eigenvalue weighted by atomic mass is 9.97. The van der Waals surface area contributed by atoms with Gasteiger partial charge >= 0.3 is 0 Å². The summed E-state index contributed by atoms with van der Waals surface area (Å²) >= 11 is 0. The van der Waals surface area contributed by atoms with Gasteiger partial charge in [-0.3, -0.25) is 0 Å². The van der Waals surface area contributed by atoms with Crippen LogP contribution in [0.1, 0.15) is 30.4 Å². The average Bonchev–Trinajstić information content (AvgIpc) is 2.65. The Morgan fingerprint density at radius 1 is 1.20 bits per heavy atom. The average molecular weight is 341 g/mol. The fourth-order valence-electron chi connectivity index (χ4n) is 3.13. The van der Waals surface area contributed by atoms with E-state index in [0.717, 1.165) is 42.7 Å². The van der Waals surface area contributed by atoms with Crippen molar-refractivity contribution in [2.75, 3.05) is 13.7 Å². The van der Waals surface area contributed by atoms with Crippen LogP contribution in [0.3, 0.4) is 0 Å². The molecule has 4 nitrogen and oxygen atoms in total. The van der Waals surface area contributed by atoms with E-state index in [2.05, 4.69) is 18.2 Å². The monoisotopic (exact) mass is 341 g/mol. The highest BCUT2D eigenvalue weighted by atomic mass is 16.5. The van der Waals surface area contributed by atoms with Crippen LogP contribution < -0.4 is 15.2 Å². The molecule has 0 spiro atoms. The van der Waals surface area contributed by atoms with Gasteiger partial charge in [-0.2, -0.15) is 0 Å². The van der Waals surface area contributed by atoms with Crippen LogP contribution in [0, 0.1) is 0 Å². The second-order valence-electron chi connectivity index (χ2n) is 6.60. The molecule has 3 rings (SSSR count). The molecular formula is C21H27NO3. The highest BCUT2D eigenvalue weighted by Gasteiger charge is 2.22. The standard InChI is InChI=1S/C21H27NO3/c1-23-12-11-18(22)13-20-10-8-17-7-9-19(14-21(17)25-20)24-15-16-5-3-2-4-6-16/h2-7,9,14,18,20H,8,10-13,15,22H2,1H3. The second kappa shape index (κ2) is 8.88. The summed E-state index contributed by atoms with van der Waals surface area (Å²) < 4.78 is 17.2. The molecule has 0 saturated heterocycles. The van der Waals surface area contributed by atoms with Gasteiger partial charge in [-0.15, -0.1) is 0 Å². The molecule has 1 aliphatic heterocycles. The zero-order chi connectivity index (χ0) is 17.5. The third-order valence-corrected chi connectivity index (χ3v) is 4.57. The molecular weight excluding hydrogens is 314 g/mol. The quantitative estimate of drug-likeness (QED) is 0.795. The maximum atomic E-state index is 6.17. The van der Waals surface area contributed by atoms with Crippen molar-refractivity contribution in [3.63, 3.8) is 0 Å². The Balaban J connectivity index is 1.57. The van der Waals surface area contributed by atoms with Gasteiger partial charge in [0.2, 0.25) is 0 Å². The molecule has 25 heavy (non-hydrogen) atoms. The van der Waals surface area contributed by atoms with Gasteiger partial charge in [0, 0.05) is 25.8 Å². The van der Waals surface area contributed by atoms with Crippen molar-refractivity contribution in [3.8, 4) is 11.5 Å². The molecule has 2 unspecified atom stereocenters. The van der Waals surface area contributed by atoms with Gasteiger partial charge in [0.25, 0.3) is 0 Å². The van der Waals surface area contributed by atoms with E-state index >= 15 is 0 Å². The molecule has 2 N–H and O–H groups in total. The van der Waals surface area contributed by atoms with Crippen LogP contribution in [0.2, 0.25) is 0 Å². The molecule has 0 aromatic heterocycles. The molecule has 0 radical (unpaired) electrons. The molecule has 2 aromatic rings. The van der Waals surface area contributed by atoms with Crippen molar-refractivity contribution in [1.82, 2.24) is 0 Å². The first-order valence-corrected chi connectivity index (χ1v) is 8.95. The highest BCUT2D eigenvalue weighted by molar-refractivity contribution is 5.42. The fourth-order valence-corrected chi connectivity index (χ4v) is 3.13. The van der Waals surface area contributed by atoms with Crippen molar-refractivity contribution in [2.24, 2.45) is 5.73 Å². The van der Waals surface area contributed by atoms with Crippen LogP contribution in [0.5, 0.6) is 11.5 Å². The Kier molecular flexibility index (Phi) is 6.31. The van der Waals surface area contributed by atoms with Crippen molar-refractivity contribution >= 4 is 0 Å². The third kappa shape index (κ3) is 5.21. The molecule has 2 aromatic carbocycles. The van der Waals surface area contributed by atoms with E-state index < -0.39 is 0 Å². The molecule has 1 heterocycles. The summed E-state index contributed by atoms with van der Waals surface area (Å²) in [4.78, 5) is 0. The minimum Gasteiger partial charge on any atom is -0.490 e. The number of fused-ring (bicyclic) bond motifs is 1. The topological polar surface area (TPSA) is 53.7 Å². The molecule has 1 aliphatic rings. The van der Waals surface area contributed by atoms with Crippen molar-refractivity contribution < 1.29 is 14.2 Å². The second-order valence-corrected chi connectivity index (χ2v) is 6.60. The maximum Gasteiger partial charge on any atom is 0.126 e. The summed E-state index contributed by atoms with van der Waals surface area (Å²) in [6.45, 7) is 1.26. The van der Waals surface area contributed by atoms with E-state index in [1.807, 2.05) is 30.3 Å². The Bertz CT molecular complexity index is 659. The fraction of sp³-hybridized carbons (Fsp3) is 0.429. The van der Waals surface area contributed by atoms with Crippen molar-refractivity contribution in [2.45, 2.75) is 44.4 Å². The van der Waals surface area contributed by atoms with E-state index in [1.54, 1.807) is 7.11 Å². The number of methoxy groups -OCH3 is 1. The van der Waals surface area contributed by atoms with Gasteiger partial charge < -0.3 is 19.9 Å². The Morgan fingerprint density at radius 2 is 2.04 bits per heavy atom. The normalized spacial score (nSPS) is 17.4. The lowest BCUT2D eigenvalue weighted by molar-refractivity contribution is 0.140. The smallest absolute Gasteiger partial charge is 0.126 e. The predicted octanol–water partition coefficient (Wildman–Crippen LogP) is 3.71. The molecule has 0 saturated carbocycles. The minimum absolute atomic E-state index is 0.115. The number of aryl methyl sites for hydroxylation is 1. The molecule has 0 fully saturated rings. The lowest BCUT2D eigenvalue weighted by Crippen LogP contribution is -2.32. The SMILES string of the molecule is COCCC(N)CC1CCc2ccc(OCc3ccccc3)cc2O1. The summed E-state index contributed by atoms with van der Waals surface area (Å²) in [5, 5.41) is 0. The first-order chi connectivity index (χ1) is 12.2. The molecule has 0 bridgehead atoms. The minimum atomic E-state index is 0.115. The van der Waals surface area contributed by atoms with Gasteiger partial charge in [0.1, 0.15) is 24.2 Å². The number of hydrogen-bond acceptors (Lipinski definition) is 4. The summed E-state index contributed by atoms with van der Waals surface area (Å²) in [5.74, 6) is 1.77. The first kappa shape index (κ1) is 17.8. The van der Waals surface area contributed by atoms with Crippen molar-refractivity contribution in [1.29, 1.82) is 0 Å². The van der Waals surface area contributed by atoms with Gasteiger partial charge in [-0.05, 0) is 42.9 Å². The van der Waals surface area contributed by atoms with Crippen LogP contribution in [-0.2, 0) is 17.8 Å². The third-order valence-electron chi connectivity index (χ3n) is 4.57. The number of hydrogen-bond donors (Lipinski definition) is 1. The van der Waals surface area contributed by atoms with Gasteiger partial charge in [-0.1, -0.05) is 36.4 Å². The summed E-state index contributed by atoms with van der Waals surface area (Å²) in [6.07, 6.45) is 3.93. The van der Waals surface area contributed by atoms with E-state index in [1.165, 1.54) is 5.56 Å². The number of rotatable bonds is 8. The van der Waals surface area contributed by atoms with E-state index in [9.17, 15) is 0 Å². The summed E-state index contributed by atoms with van der Waals surface area (Å²) in [6, 6.07) is 16.4. The van der Waals surface area contributed by atoms with Crippen LogP contribution >= 0.6 is 0 Å². The van der Waals surface area contributed by atoms with Crippen LogP contribution in [-0.4, -0.2) is 25.9 Å². The van der Waals surface area contributed by atoms with Crippen LogP contribution in [0.15, 0.2) is 48.5 Å². The van der Waals surface area contributed by atoms with Gasteiger partial charge in [0.05, 0.1) is 0 Å². The first-order valence-electron chi connectivity index (χ1n) is 8.95.